The number of anilines is 1. The highest BCUT2D eigenvalue weighted by atomic mass is 16.4. The lowest BCUT2D eigenvalue weighted by atomic mass is 9.99. The number of rotatable bonds is 6. The molecule has 2 amide bonds. The Bertz CT molecular complexity index is 525. The van der Waals surface area contributed by atoms with Crippen LogP contribution in [0.3, 0.4) is 0 Å². The largest absolute Gasteiger partial charge is 0.548 e. The van der Waals surface area contributed by atoms with E-state index in [-0.39, 0.29) is 11.7 Å². The molecule has 0 bridgehead atoms. The lowest BCUT2D eigenvalue weighted by molar-refractivity contribution is -0.309. The van der Waals surface area contributed by atoms with Crippen molar-refractivity contribution in [3.63, 3.8) is 0 Å². The Balaban J connectivity index is 2.67. The van der Waals surface area contributed by atoms with Gasteiger partial charge in [-0.3, -0.25) is 4.79 Å². The first-order valence-corrected chi connectivity index (χ1v) is 6.74. The number of hydrogen-bond acceptors (Lipinski definition) is 4. The molecule has 21 heavy (non-hydrogen) atoms. The van der Waals surface area contributed by atoms with Gasteiger partial charge in [0.15, 0.2) is 5.78 Å². The molecule has 0 aliphatic rings. The van der Waals surface area contributed by atoms with Crippen molar-refractivity contribution in [2.75, 3.05) is 5.32 Å². The van der Waals surface area contributed by atoms with Crippen LogP contribution in [0.15, 0.2) is 24.3 Å². The van der Waals surface area contributed by atoms with Crippen LogP contribution in [-0.4, -0.2) is 23.8 Å². The third-order valence-corrected chi connectivity index (χ3v) is 3.30. The Morgan fingerprint density at radius 3 is 2.19 bits per heavy atom. The predicted octanol–water partition coefficient (Wildman–Crippen LogP) is 1.18. The molecule has 1 aromatic carbocycles. The first kappa shape index (κ1) is 16.7. The number of amides is 2. The Morgan fingerprint density at radius 1 is 1.19 bits per heavy atom. The molecule has 0 heterocycles. The quantitative estimate of drug-likeness (QED) is 0.769. The first-order valence-electron chi connectivity index (χ1n) is 6.74. The van der Waals surface area contributed by atoms with Crippen molar-refractivity contribution in [2.24, 2.45) is 5.92 Å². The van der Waals surface area contributed by atoms with Crippen molar-refractivity contribution in [1.82, 2.24) is 5.32 Å². The third-order valence-electron chi connectivity index (χ3n) is 3.30. The summed E-state index contributed by atoms with van der Waals surface area (Å²) < 4.78 is 0. The van der Waals surface area contributed by atoms with Crippen LogP contribution in [0.25, 0.3) is 0 Å². The zero-order valence-electron chi connectivity index (χ0n) is 12.3. The number of benzene rings is 1. The van der Waals surface area contributed by atoms with Crippen LogP contribution in [0.2, 0.25) is 0 Å². The minimum absolute atomic E-state index is 0.0696. The summed E-state index contributed by atoms with van der Waals surface area (Å²) in [5.74, 6) is -1.62. The SMILES string of the molecule is CC[C@H](C)[C@H](NC(=O)Nc1ccc(C(C)=O)cc1)C(=O)[O-]. The summed E-state index contributed by atoms with van der Waals surface area (Å²) in [7, 11) is 0. The van der Waals surface area contributed by atoms with E-state index >= 15 is 0 Å². The van der Waals surface area contributed by atoms with E-state index in [2.05, 4.69) is 10.6 Å². The number of carbonyl (C=O) groups is 3. The van der Waals surface area contributed by atoms with Gasteiger partial charge in [-0.1, -0.05) is 20.3 Å². The van der Waals surface area contributed by atoms with Crippen LogP contribution >= 0.6 is 0 Å². The highest BCUT2D eigenvalue weighted by molar-refractivity contribution is 5.95. The number of carboxylic acids is 1. The number of hydrogen-bond donors (Lipinski definition) is 2. The molecular weight excluding hydrogens is 272 g/mol. The molecule has 1 aromatic rings. The lowest BCUT2D eigenvalue weighted by Gasteiger charge is -2.25. The molecule has 0 spiro atoms. The summed E-state index contributed by atoms with van der Waals surface area (Å²) in [6.45, 7) is 5.01. The normalized spacial score (nSPS) is 13.1. The standard InChI is InChI=1S/C15H20N2O4/c1-4-9(2)13(14(19)20)17-15(21)16-12-7-5-11(6-8-12)10(3)18/h5-9,13H,4H2,1-3H3,(H,19,20)(H2,16,17,21)/p-1/t9-,13-/m0/s1. The fourth-order valence-electron chi connectivity index (χ4n) is 1.77. The number of ketones is 1. The van der Waals surface area contributed by atoms with Crippen LogP contribution in [0.1, 0.15) is 37.6 Å². The minimum atomic E-state index is -1.31. The van der Waals surface area contributed by atoms with E-state index in [0.717, 1.165) is 0 Å². The number of aliphatic carboxylic acids is 1. The molecule has 0 aliphatic carbocycles. The number of Topliss-reactive ketones (excluding diaryl/α,β-unsaturated/α-hetero) is 1. The summed E-state index contributed by atoms with van der Waals surface area (Å²) in [4.78, 5) is 33.9. The fraction of sp³-hybridized carbons (Fsp3) is 0.400. The van der Waals surface area contributed by atoms with Gasteiger partial charge in [0.1, 0.15) is 0 Å². The van der Waals surface area contributed by atoms with Crippen molar-refractivity contribution >= 4 is 23.5 Å². The fourth-order valence-corrected chi connectivity index (χ4v) is 1.77. The van der Waals surface area contributed by atoms with E-state index in [0.29, 0.717) is 17.7 Å². The highest BCUT2D eigenvalue weighted by Gasteiger charge is 2.19. The van der Waals surface area contributed by atoms with Crippen molar-refractivity contribution < 1.29 is 19.5 Å². The van der Waals surface area contributed by atoms with Crippen LogP contribution in [-0.2, 0) is 4.79 Å². The second kappa shape index (κ2) is 7.42. The van der Waals surface area contributed by atoms with Crippen LogP contribution < -0.4 is 15.7 Å². The number of urea groups is 1. The third kappa shape index (κ3) is 4.91. The summed E-state index contributed by atoms with van der Waals surface area (Å²) in [6, 6.07) is 4.65. The molecule has 0 aromatic heterocycles. The summed E-state index contributed by atoms with van der Waals surface area (Å²) >= 11 is 0. The van der Waals surface area contributed by atoms with Crippen LogP contribution in [0, 0.1) is 5.92 Å². The molecule has 6 heteroatoms. The molecule has 0 radical (unpaired) electrons. The van der Waals surface area contributed by atoms with Crippen molar-refractivity contribution in [3.8, 4) is 0 Å². The first-order chi connectivity index (χ1) is 9.85. The molecule has 2 N–H and O–H groups in total. The molecule has 0 fully saturated rings. The smallest absolute Gasteiger partial charge is 0.319 e. The zero-order valence-corrected chi connectivity index (χ0v) is 12.3. The van der Waals surface area contributed by atoms with Gasteiger partial charge in [0.25, 0.3) is 0 Å². The van der Waals surface area contributed by atoms with E-state index < -0.39 is 18.0 Å². The zero-order chi connectivity index (χ0) is 16.0. The Hall–Kier alpha value is -2.37. The summed E-state index contributed by atoms with van der Waals surface area (Å²) in [6.07, 6.45) is 0.603. The maximum atomic E-state index is 11.8. The minimum Gasteiger partial charge on any atom is -0.548 e. The number of carbonyl (C=O) groups excluding carboxylic acids is 3. The van der Waals surface area contributed by atoms with E-state index in [1.807, 2.05) is 6.92 Å². The van der Waals surface area contributed by atoms with E-state index in [1.54, 1.807) is 31.2 Å². The molecule has 0 aliphatic heterocycles. The topological polar surface area (TPSA) is 98.3 Å². The van der Waals surface area contributed by atoms with Crippen molar-refractivity contribution in [2.45, 2.75) is 33.2 Å². The summed E-state index contributed by atoms with van der Waals surface area (Å²) in [5.41, 5.74) is 1.01. The average molecular weight is 291 g/mol. The van der Waals surface area contributed by atoms with Gasteiger partial charge in [0.05, 0.1) is 12.0 Å². The maximum Gasteiger partial charge on any atom is 0.319 e. The Morgan fingerprint density at radius 2 is 1.76 bits per heavy atom. The molecular formula is C15H19N2O4-. The van der Waals surface area contributed by atoms with Crippen molar-refractivity contribution in [3.05, 3.63) is 29.8 Å². The highest BCUT2D eigenvalue weighted by Crippen LogP contribution is 2.11. The molecule has 0 unspecified atom stereocenters. The molecule has 1 rings (SSSR count). The Kier molecular flexibility index (Phi) is 5.90. The second-order valence-electron chi connectivity index (χ2n) is 4.91. The van der Waals surface area contributed by atoms with Gasteiger partial charge in [0, 0.05) is 11.3 Å². The monoisotopic (exact) mass is 291 g/mol. The molecule has 114 valence electrons. The maximum absolute atomic E-state index is 11.8. The predicted molar refractivity (Wildman–Crippen MR) is 76.9 cm³/mol. The van der Waals surface area contributed by atoms with Crippen LogP contribution in [0.5, 0.6) is 0 Å². The lowest BCUT2D eigenvalue weighted by Crippen LogP contribution is -2.52. The van der Waals surface area contributed by atoms with Gasteiger partial charge in [-0.05, 0) is 37.1 Å². The van der Waals surface area contributed by atoms with Crippen molar-refractivity contribution in [1.29, 1.82) is 0 Å². The van der Waals surface area contributed by atoms with E-state index in [9.17, 15) is 19.5 Å². The molecule has 2 atom stereocenters. The molecule has 6 nitrogen and oxygen atoms in total. The van der Waals surface area contributed by atoms with E-state index in [1.165, 1.54) is 6.92 Å². The van der Waals surface area contributed by atoms with Gasteiger partial charge in [0.2, 0.25) is 0 Å². The van der Waals surface area contributed by atoms with Gasteiger partial charge in [-0.25, -0.2) is 4.79 Å². The average Bonchev–Trinajstić information content (AvgIpc) is 2.44. The van der Waals surface area contributed by atoms with Gasteiger partial charge in [-0.2, -0.15) is 0 Å². The van der Waals surface area contributed by atoms with Gasteiger partial charge in [-0.15, -0.1) is 0 Å². The second-order valence-corrected chi connectivity index (χ2v) is 4.91. The van der Waals surface area contributed by atoms with E-state index in [4.69, 9.17) is 0 Å². The molecule has 0 saturated heterocycles. The van der Waals surface area contributed by atoms with Gasteiger partial charge < -0.3 is 20.5 Å². The van der Waals surface area contributed by atoms with Gasteiger partial charge >= 0.3 is 6.03 Å². The Labute approximate surface area is 123 Å². The number of nitrogens with one attached hydrogen (secondary N) is 2. The summed E-state index contributed by atoms with van der Waals surface area (Å²) in [5, 5.41) is 15.9. The van der Waals surface area contributed by atoms with Crippen LogP contribution in [0.4, 0.5) is 10.5 Å². The number of carboxylic acid groups (broad SMARTS) is 1. The molecule has 0 saturated carbocycles.